The number of amides is 1. The van der Waals surface area contributed by atoms with E-state index in [0.717, 1.165) is 18.1 Å². The lowest BCUT2D eigenvalue weighted by molar-refractivity contribution is -0.159. The van der Waals surface area contributed by atoms with E-state index in [2.05, 4.69) is 4.74 Å². The molecular weight excluding hydrogens is 385 g/mol. The van der Waals surface area contributed by atoms with Gasteiger partial charge in [-0.15, -0.1) is 11.8 Å². The van der Waals surface area contributed by atoms with Crippen LogP contribution in [0.4, 0.5) is 10.1 Å². The number of carbonyl (C=O) groups is 3. The average Bonchev–Trinajstić information content (AvgIpc) is 3.01. The van der Waals surface area contributed by atoms with Gasteiger partial charge in [-0.1, -0.05) is 12.1 Å². The summed E-state index contributed by atoms with van der Waals surface area (Å²) in [7, 11) is 0. The topological polar surface area (TPSA) is 72.9 Å². The van der Waals surface area contributed by atoms with E-state index in [1.165, 1.54) is 23.9 Å². The Morgan fingerprint density at radius 1 is 1.21 bits per heavy atom. The summed E-state index contributed by atoms with van der Waals surface area (Å²) in [5, 5.41) is -0.246. The molecule has 1 aliphatic rings. The van der Waals surface area contributed by atoms with Gasteiger partial charge in [-0.2, -0.15) is 0 Å². The molecule has 1 amide bonds. The second-order valence-corrected chi connectivity index (χ2v) is 7.25. The Morgan fingerprint density at radius 3 is 2.57 bits per heavy atom. The minimum atomic E-state index is -0.781. The third-order valence-corrected chi connectivity index (χ3v) is 5.28. The minimum Gasteiger partial charge on any atom is -0.482 e. The second-order valence-electron chi connectivity index (χ2n) is 6.18. The Hall–Kier alpha value is -2.87. The van der Waals surface area contributed by atoms with Crippen molar-refractivity contribution in [2.75, 3.05) is 17.3 Å². The summed E-state index contributed by atoms with van der Waals surface area (Å²) in [4.78, 5) is 36.3. The van der Waals surface area contributed by atoms with Crippen LogP contribution in [-0.2, 0) is 19.1 Å². The molecule has 1 aliphatic heterocycles. The van der Waals surface area contributed by atoms with Crippen LogP contribution in [0.15, 0.2) is 42.5 Å². The highest BCUT2D eigenvalue weighted by Crippen LogP contribution is 2.43. The lowest BCUT2D eigenvalue weighted by atomic mass is 10.1. The molecule has 0 N–H and O–H groups in total. The normalized spacial score (nSPS) is 16.2. The summed E-state index contributed by atoms with van der Waals surface area (Å²) in [5.74, 6) is -1.10. The van der Waals surface area contributed by atoms with Crippen LogP contribution in [0.1, 0.15) is 23.4 Å². The van der Waals surface area contributed by atoms with E-state index in [-0.39, 0.29) is 17.1 Å². The van der Waals surface area contributed by atoms with Gasteiger partial charge in [-0.05, 0) is 48.4 Å². The van der Waals surface area contributed by atoms with Crippen LogP contribution in [-0.4, -0.2) is 30.2 Å². The number of rotatable bonds is 5. The predicted molar refractivity (Wildman–Crippen MR) is 103 cm³/mol. The van der Waals surface area contributed by atoms with E-state index in [1.54, 1.807) is 35.2 Å². The summed E-state index contributed by atoms with van der Waals surface area (Å²) in [6.45, 7) is 2.57. The molecule has 0 spiro atoms. The lowest BCUT2D eigenvalue weighted by Crippen LogP contribution is -2.28. The Kier molecular flexibility index (Phi) is 5.99. The van der Waals surface area contributed by atoms with Gasteiger partial charge in [0.1, 0.15) is 16.9 Å². The zero-order chi connectivity index (χ0) is 20.3. The zero-order valence-corrected chi connectivity index (χ0v) is 16.1. The molecule has 1 heterocycles. The maximum Gasteiger partial charge on any atom is 0.351 e. The van der Waals surface area contributed by atoms with Crippen LogP contribution in [0.25, 0.3) is 0 Å². The number of carbonyl (C=O) groups excluding carboxylic acids is 3. The van der Waals surface area contributed by atoms with Gasteiger partial charge >= 0.3 is 11.9 Å². The summed E-state index contributed by atoms with van der Waals surface area (Å²) in [6.07, 6.45) is 0. The average molecular weight is 403 g/mol. The molecule has 3 rings (SSSR count). The first-order valence-electron chi connectivity index (χ1n) is 8.49. The van der Waals surface area contributed by atoms with E-state index in [0.29, 0.717) is 17.2 Å². The van der Waals surface area contributed by atoms with E-state index in [1.807, 2.05) is 6.92 Å². The SMILES string of the molecule is CC(=O)OC(=O)COc1ccc(N2C(=O)CSC2c2ccc(F)cc2)c(C)c1. The van der Waals surface area contributed by atoms with E-state index in [9.17, 15) is 18.8 Å². The molecule has 6 nitrogen and oxygen atoms in total. The van der Waals surface area contributed by atoms with Crippen LogP contribution in [0.3, 0.4) is 0 Å². The third-order valence-electron chi connectivity index (χ3n) is 4.07. The van der Waals surface area contributed by atoms with Gasteiger partial charge in [0.2, 0.25) is 5.91 Å². The first-order chi connectivity index (χ1) is 13.3. The van der Waals surface area contributed by atoms with Gasteiger partial charge in [0.05, 0.1) is 5.75 Å². The van der Waals surface area contributed by atoms with Gasteiger partial charge in [0, 0.05) is 12.6 Å². The highest BCUT2D eigenvalue weighted by atomic mass is 32.2. The molecule has 1 atom stereocenters. The first kappa shape index (κ1) is 19.9. The van der Waals surface area contributed by atoms with Crippen LogP contribution < -0.4 is 9.64 Å². The van der Waals surface area contributed by atoms with Gasteiger partial charge in [-0.25, -0.2) is 9.18 Å². The quantitative estimate of drug-likeness (QED) is 0.563. The van der Waals surface area contributed by atoms with Crippen LogP contribution in [0, 0.1) is 12.7 Å². The maximum absolute atomic E-state index is 13.2. The van der Waals surface area contributed by atoms with Crippen molar-refractivity contribution in [2.45, 2.75) is 19.2 Å². The molecule has 8 heteroatoms. The number of aryl methyl sites for hydroxylation is 1. The Labute approximate surface area is 165 Å². The molecule has 0 radical (unpaired) electrons. The maximum atomic E-state index is 13.2. The number of hydrogen-bond acceptors (Lipinski definition) is 6. The number of ether oxygens (including phenoxy) is 2. The Morgan fingerprint density at radius 2 is 1.93 bits per heavy atom. The molecule has 146 valence electrons. The summed E-state index contributed by atoms with van der Waals surface area (Å²) >= 11 is 1.47. The largest absolute Gasteiger partial charge is 0.482 e. The van der Waals surface area contributed by atoms with Crippen molar-refractivity contribution >= 4 is 35.3 Å². The molecule has 28 heavy (non-hydrogen) atoms. The highest BCUT2D eigenvalue weighted by Gasteiger charge is 2.34. The number of nitrogens with zero attached hydrogens (tertiary/aromatic N) is 1. The van der Waals surface area contributed by atoms with Gasteiger partial charge in [0.25, 0.3) is 0 Å². The van der Waals surface area contributed by atoms with E-state index in [4.69, 9.17) is 4.74 Å². The van der Waals surface area contributed by atoms with Crippen molar-refractivity contribution < 1.29 is 28.2 Å². The summed E-state index contributed by atoms with van der Waals surface area (Å²) < 4.78 is 23.0. The molecule has 2 aromatic carbocycles. The molecule has 2 aromatic rings. The number of benzene rings is 2. The number of esters is 2. The van der Waals surface area contributed by atoms with Crippen molar-refractivity contribution in [3.63, 3.8) is 0 Å². The predicted octanol–water partition coefficient (Wildman–Crippen LogP) is 3.38. The van der Waals surface area contributed by atoms with Crippen LogP contribution in [0.5, 0.6) is 5.75 Å². The number of thioether (sulfide) groups is 1. The fraction of sp³-hybridized carbons (Fsp3) is 0.250. The summed E-state index contributed by atoms with van der Waals surface area (Å²) in [5.41, 5.74) is 2.33. The van der Waals surface area contributed by atoms with Gasteiger partial charge in [0.15, 0.2) is 6.61 Å². The number of halogens is 1. The van der Waals surface area contributed by atoms with Gasteiger partial charge in [-0.3, -0.25) is 14.5 Å². The molecule has 0 aromatic heterocycles. The fourth-order valence-electron chi connectivity index (χ4n) is 2.88. The van der Waals surface area contributed by atoms with Crippen LogP contribution >= 0.6 is 11.8 Å². The zero-order valence-electron chi connectivity index (χ0n) is 15.3. The second kappa shape index (κ2) is 8.43. The van der Waals surface area contributed by atoms with Crippen molar-refractivity contribution in [3.8, 4) is 5.75 Å². The lowest BCUT2D eigenvalue weighted by Gasteiger charge is -2.26. The minimum absolute atomic E-state index is 0.0406. The molecule has 0 saturated carbocycles. The highest BCUT2D eigenvalue weighted by molar-refractivity contribution is 8.00. The monoisotopic (exact) mass is 403 g/mol. The van der Waals surface area contributed by atoms with Crippen molar-refractivity contribution in [1.29, 1.82) is 0 Å². The van der Waals surface area contributed by atoms with E-state index < -0.39 is 18.5 Å². The molecular formula is C20H18FNO5S. The molecule has 0 aliphatic carbocycles. The Bertz CT molecular complexity index is 915. The van der Waals surface area contributed by atoms with Crippen molar-refractivity contribution in [2.24, 2.45) is 0 Å². The first-order valence-corrected chi connectivity index (χ1v) is 9.54. The molecule has 1 fully saturated rings. The summed E-state index contributed by atoms with van der Waals surface area (Å²) in [6, 6.07) is 11.2. The van der Waals surface area contributed by atoms with Gasteiger partial charge < -0.3 is 9.47 Å². The number of anilines is 1. The molecule has 1 saturated heterocycles. The standard InChI is InChI=1S/C20H18FNO5S/c1-12-9-16(26-10-19(25)27-13(2)23)7-8-17(12)22-18(24)11-28-20(22)14-3-5-15(21)6-4-14/h3-9,20H,10-11H2,1-2H3. The number of hydrogen-bond donors (Lipinski definition) is 0. The smallest absolute Gasteiger partial charge is 0.351 e. The van der Waals surface area contributed by atoms with Crippen molar-refractivity contribution in [3.05, 3.63) is 59.4 Å². The van der Waals surface area contributed by atoms with Crippen molar-refractivity contribution in [1.82, 2.24) is 0 Å². The van der Waals surface area contributed by atoms with Crippen LogP contribution in [0.2, 0.25) is 0 Å². The molecule has 1 unspecified atom stereocenters. The Balaban J connectivity index is 1.78. The third kappa shape index (κ3) is 4.51. The fourth-order valence-corrected chi connectivity index (χ4v) is 4.05. The molecule has 0 bridgehead atoms. The van der Waals surface area contributed by atoms with E-state index >= 15 is 0 Å².